The number of piperidine rings is 1. The van der Waals surface area contributed by atoms with E-state index in [2.05, 4.69) is 26.1 Å². The van der Waals surface area contributed by atoms with Gasteiger partial charge in [-0.15, -0.1) is 0 Å². The quantitative estimate of drug-likeness (QED) is 0.730. The Morgan fingerprint density at radius 1 is 1.23 bits per heavy atom. The molecule has 0 amide bonds. The van der Waals surface area contributed by atoms with Crippen LogP contribution in [-0.4, -0.2) is 39.8 Å². The SMILES string of the molecule is CCOc1ccc(-c2ccc(CN3CCC[C@@H](c4ncn[nH]4)C3)o2)cc1. The van der Waals surface area contributed by atoms with Gasteiger partial charge in [0.25, 0.3) is 0 Å². The Labute approximate surface area is 153 Å². The number of furan rings is 1. The zero-order chi connectivity index (χ0) is 17.8. The van der Waals surface area contributed by atoms with Crippen LogP contribution in [0, 0.1) is 0 Å². The third-order valence-corrected chi connectivity index (χ3v) is 4.82. The third-order valence-electron chi connectivity index (χ3n) is 4.82. The molecule has 0 bridgehead atoms. The smallest absolute Gasteiger partial charge is 0.137 e. The van der Waals surface area contributed by atoms with Crippen molar-refractivity contribution in [3.05, 3.63) is 54.3 Å². The van der Waals surface area contributed by atoms with Crippen molar-refractivity contribution in [1.29, 1.82) is 0 Å². The van der Waals surface area contributed by atoms with Gasteiger partial charge < -0.3 is 9.15 Å². The summed E-state index contributed by atoms with van der Waals surface area (Å²) in [4.78, 5) is 6.75. The fraction of sp³-hybridized carbons (Fsp3) is 0.400. The molecule has 6 heteroatoms. The van der Waals surface area contributed by atoms with Gasteiger partial charge in [-0.3, -0.25) is 10.00 Å². The fourth-order valence-electron chi connectivity index (χ4n) is 3.55. The predicted molar refractivity (Wildman–Crippen MR) is 98.9 cm³/mol. The summed E-state index contributed by atoms with van der Waals surface area (Å²) >= 11 is 0. The maximum atomic E-state index is 6.08. The van der Waals surface area contributed by atoms with E-state index in [1.165, 1.54) is 0 Å². The molecule has 2 aromatic heterocycles. The van der Waals surface area contributed by atoms with Crippen molar-refractivity contribution in [2.24, 2.45) is 0 Å². The van der Waals surface area contributed by atoms with Crippen LogP contribution in [0.3, 0.4) is 0 Å². The van der Waals surface area contributed by atoms with Crippen LogP contribution in [0.2, 0.25) is 0 Å². The number of hydrogen-bond acceptors (Lipinski definition) is 5. The molecule has 1 saturated heterocycles. The summed E-state index contributed by atoms with van der Waals surface area (Å²) in [5.74, 6) is 4.18. The first kappa shape index (κ1) is 16.8. The van der Waals surface area contributed by atoms with E-state index in [1.54, 1.807) is 6.33 Å². The zero-order valence-corrected chi connectivity index (χ0v) is 15.0. The number of benzene rings is 1. The topological polar surface area (TPSA) is 67.2 Å². The summed E-state index contributed by atoms with van der Waals surface area (Å²) in [6.45, 7) is 5.55. The minimum absolute atomic E-state index is 0.423. The number of H-pyrrole nitrogens is 1. The normalized spacial score (nSPS) is 18.1. The highest BCUT2D eigenvalue weighted by Gasteiger charge is 2.24. The maximum Gasteiger partial charge on any atom is 0.137 e. The first-order valence-corrected chi connectivity index (χ1v) is 9.21. The van der Waals surface area contributed by atoms with Crippen molar-refractivity contribution >= 4 is 0 Å². The number of aromatic amines is 1. The molecule has 26 heavy (non-hydrogen) atoms. The molecule has 1 atom stereocenters. The first-order valence-electron chi connectivity index (χ1n) is 9.21. The van der Waals surface area contributed by atoms with Crippen molar-refractivity contribution in [1.82, 2.24) is 20.1 Å². The van der Waals surface area contributed by atoms with Crippen molar-refractivity contribution < 1.29 is 9.15 Å². The molecule has 1 aliphatic rings. The summed E-state index contributed by atoms with van der Waals surface area (Å²) in [6.07, 6.45) is 3.91. The van der Waals surface area contributed by atoms with Gasteiger partial charge in [-0.2, -0.15) is 5.10 Å². The lowest BCUT2D eigenvalue weighted by atomic mass is 9.97. The van der Waals surface area contributed by atoms with Gasteiger partial charge >= 0.3 is 0 Å². The first-order chi connectivity index (χ1) is 12.8. The lowest BCUT2D eigenvalue weighted by molar-refractivity contribution is 0.184. The lowest BCUT2D eigenvalue weighted by Crippen LogP contribution is -2.34. The van der Waals surface area contributed by atoms with Crippen LogP contribution in [0.25, 0.3) is 11.3 Å². The maximum absolute atomic E-state index is 6.08. The van der Waals surface area contributed by atoms with Gasteiger partial charge in [0.05, 0.1) is 13.2 Å². The van der Waals surface area contributed by atoms with Crippen molar-refractivity contribution in [2.75, 3.05) is 19.7 Å². The van der Waals surface area contributed by atoms with Crippen LogP contribution in [-0.2, 0) is 6.54 Å². The van der Waals surface area contributed by atoms with Gasteiger partial charge in [0.1, 0.15) is 29.4 Å². The van der Waals surface area contributed by atoms with E-state index in [0.717, 1.165) is 61.1 Å². The Hall–Kier alpha value is -2.60. The van der Waals surface area contributed by atoms with Gasteiger partial charge in [-0.05, 0) is 62.7 Å². The van der Waals surface area contributed by atoms with E-state index in [-0.39, 0.29) is 0 Å². The van der Waals surface area contributed by atoms with E-state index < -0.39 is 0 Å². The Morgan fingerprint density at radius 3 is 2.88 bits per heavy atom. The summed E-state index contributed by atoms with van der Waals surface area (Å²) in [6, 6.07) is 12.1. The monoisotopic (exact) mass is 352 g/mol. The second-order valence-corrected chi connectivity index (χ2v) is 6.67. The average molecular weight is 352 g/mol. The lowest BCUT2D eigenvalue weighted by Gasteiger charge is -2.30. The highest BCUT2D eigenvalue weighted by atomic mass is 16.5. The molecule has 3 aromatic rings. The van der Waals surface area contributed by atoms with Gasteiger partial charge in [0.15, 0.2) is 0 Å². The molecule has 4 rings (SSSR count). The van der Waals surface area contributed by atoms with Crippen molar-refractivity contribution in [2.45, 2.75) is 32.2 Å². The fourth-order valence-corrected chi connectivity index (χ4v) is 3.55. The van der Waals surface area contributed by atoms with Crippen LogP contribution in [0.1, 0.15) is 37.3 Å². The highest BCUT2D eigenvalue weighted by Crippen LogP contribution is 2.28. The molecule has 136 valence electrons. The van der Waals surface area contributed by atoms with E-state index in [0.29, 0.717) is 12.5 Å². The molecular weight excluding hydrogens is 328 g/mol. The number of hydrogen-bond donors (Lipinski definition) is 1. The summed E-state index contributed by atoms with van der Waals surface area (Å²) in [5.41, 5.74) is 1.07. The minimum Gasteiger partial charge on any atom is -0.494 e. The molecule has 1 aromatic carbocycles. The molecular formula is C20H24N4O2. The van der Waals surface area contributed by atoms with Gasteiger partial charge in [0.2, 0.25) is 0 Å². The second kappa shape index (κ2) is 7.74. The van der Waals surface area contributed by atoms with Gasteiger partial charge in [0, 0.05) is 18.0 Å². The number of aromatic nitrogens is 3. The predicted octanol–water partition coefficient (Wildman–Crippen LogP) is 3.84. The molecule has 6 nitrogen and oxygen atoms in total. The number of likely N-dealkylation sites (tertiary alicyclic amines) is 1. The van der Waals surface area contributed by atoms with E-state index in [9.17, 15) is 0 Å². The van der Waals surface area contributed by atoms with Gasteiger partial charge in [-0.25, -0.2) is 4.98 Å². The molecule has 0 radical (unpaired) electrons. The number of ether oxygens (including phenoxy) is 1. The van der Waals surface area contributed by atoms with Crippen molar-refractivity contribution in [3.63, 3.8) is 0 Å². The highest BCUT2D eigenvalue weighted by molar-refractivity contribution is 5.58. The van der Waals surface area contributed by atoms with Crippen LogP contribution < -0.4 is 4.74 Å². The number of nitrogens with one attached hydrogen (secondary N) is 1. The second-order valence-electron chi connectivity index (χ2n) is 6.67. The Balaban J connectivity index is 1.40. The van der Waals surface area contributed by atoms with Gasteiger partial charge in [-0.1, -0.05) is 0 Å². The molecule has 0 spiro atoms. The molecule has 1 N–H and O–H groups in total. The number of nitrogens with zero attached hydrogens (tertiary/aromatic N) is 3. The Morgan fingerprint density at radius 2 is 2.12 bits per heavy atom. The largest absolute Gasteiger partial charge is 0.494 e. The number of rotatable bonds is 6. The summed E-state index contributed by atoms with van der Waals surface area (Å²) in [5, 5.41) is 6.99. The molecule has 0 saturated carbocycles. The summed E-state index contributed by atoms with van der Waals surface area (Å²) in [7, 11) is 0. The molecule has 0 aliphatic carbocycles. The van der Waals surface area contributed by atoms with Crippen LogP contribution in [0.15, 0.2) is 47.1 Å². The van der Waals surface area contributed by atoms with E-state index >= 15 is 0 Å². The molecule has 1 fully saturated rings. The zero-order valence-electron chi connectivity index (χ0n) is 15.0. The Kier molecular flexibility index (Phi) is 5.02. The molecule has 1 aliphatic heterocycles. The third kappa shape index (κ3) is 3.80. The van der Waals surface area contributed by atoms with Crippen LogP contribution in [0.4, 0.5) is 0 Å². The van der Waals surface area contributed by atoms with Crippen LogP contribution >= 0.6 is 0 Å². The van der Waals surface area contributed by atoms with Crippen LogP contribution in [0.5, 0.6) is 5.75 Å². The Bertz CT molecular complexity index is 811. The van der Waals surface area contributed by atoms with E-state index in [4.69, 9.17) is 9.15 Å². The minimum atomic E-state index is 0.423. The summed E-state index contributed by atoms with van der Waals surface area (Å²) < 4.78 is 11.6. The standard InChI is InChI=1S/C20H24N4O2/c1-2-25-17-7-5-15(6-8-17)19-10-9-18(26-19)13-24-11-3-4-16(12-24)20-21-14-22-23-20/h5-10,14,16H,2-4,11-13H2,1H3,(H,21,22,23)/t16-/m1/s1. The van der Waals surface area contributed by atoms with Crippen molar-refractivity contribution in [3.8, 4) is 17.1 Å². The molecule has 0 unspecified atom stereocenters. The van der Waals surface area contributed by atoms with E-state index in [1.807, 2.05) is 37.3 Å². The molecule has 3 heterocycles. The average Bonchev–Trinajstić information content (AvgIpc) is 3.35.